The monoisotopic (exact) mass is 359 g/mol. The first-order valence-electron chi connectivity index (χ1n) is 7.69. The Kier molecular flexibility index (Phi) is 6.49. The van der Waals surface area contributed by atoms with E-state index in [0.717, 1.165) is 0 Å². The number of anilines is 1. The van der Waals surface area contributed by atoms with Crippen LogP contribution < -0.4 is 16.0 Å². The standard InChI is InChI=1S/C17H17N3O6/c1-2-18-17(24)20-14(21)10-26-16(23)11-5-7-12(8-6-11)19-15(22)13-4-3-9-25-13/h3-9H,2,10H2,1H3,(H,19,22)(H2,18,20,21,24). The molecule has 26 heavy (non-hydrogen) atoms. The van der Waals surface area contributed by atoms with E-state index in [-0.39, 0.29) is 11.3 Å². The minimum absolute atomic E-state index is 0.159. The molecule has 0 aliphatic heterocycles. The number of nitrogens with one attached hydrogen (secondary N) is 3. The third-order valence-electron chi connectivity index (χ3n) is 3.05. The SMILES string of the molecule is CCNC(=O)NC(=O)COC(=O)c1ccc(NC(=O)c2ccco2)cc1. The van der Waals surface area contributed by atoms with Gasteiger partial charge in [-0.25, -0.2) is 9.59 Å². The van der Waals surface area contributed by atoms with Gasteiger partial charge in [0.1, 0.15) is 0 Å². The van der Waals surface area contributed by atoms with E-state index in [9.17, 15) is 19.2 Å². The van der Waals surface area contributed by atoms with Gasteiger partial charge in [0.05, 0.1) is 11.8 Å². The van der Waals surface area contributed by atoms with E-state index in [0.29, 0.717) is 12.2 Å². The number of imide groups is 1. The highest BCUT2D eigenvalue weighted by Crippen LogP contribution is 2.12. The molecule has 0 aliphatic rings. The van der Waals surface area contributed by atoms with Gasteiger partial charge in [-0.3, -0.25) is 14.9 Å². The highest BCUT2D eigenvalue weighted by Gasteiger charge is 2.13. The Hall–Kier alpha value is -3.62. The number of rotatable bonds is 6. The van der Waals surface area contributed by atoms with Gasteiger partial charge in [0.15, 0.2) is 12.4 Å². The number of ether oxygens (including phenoxy) is 1. The van der Waals surface area contributed by atoms with Crippen LogP contribution in [0.1, 0.15) is 27.8 Å². The van der Waals surface area contributed by atoms with Crippen LogP contribution in [-0.4, -0.2) is 37.0 Å². The van der Waals surface area contributed by atoms with Crippen LogP contribution in [0, 0.1) is 0 Å². The largest absolute Gasteiger partial charge is 0.459 e. The third-order valence-corrected chi connectivity index (χ3v) is 3.05. The summed E-state index contributed by atoms with van der Waals surface area (Å²) in [5.41, 5.74) is 0.642. The number of hydrogen-bond donors (Lipinski definition) is 3. The summed E-state index contributed by atoms with van der Waals surface area (Å²) in [4.78, 5) is 46.3. The van der Waals surface area contributed by atoms with Gasteiger partial charge in [-0.2, -0.15) is 0 Å². The Labute approximate surface area is 148 Å². The van der Waals surface area contributed by atoms with Crippen LogP contribution in [0.25, 0.3) is 0 Å². The van der Waals surface area contributed by atoms with Crippen molar-refractivity contribution in [3.63, 3.8) is 0 Å². The van der Waals surface area contributed by atoms with E-state index in [4.69, 9.17) is 9.15 Å². The zero-order valence-electron chi connectivity index (χ0n) is 13.9. The van der Waals surface area contributed by atoms with Gasteiger partial charge >= 0.3 is 12.0 Å². The lowest BCUT2D eigenvalue weighted by molar-refractivity contribution is -0.123. The number of benzene rings is 1. The number of urea groups is 1. The third kappa shape index (κ3) is 5.48. The zero-order chi connectivity index (χ0) is 18.9. The van der Waals surface area contributed by atoms with E-state index >= 15 is 0 Å². The fourth-order valence-electron chi connectivity index (χ4n) is 1.87. The molecule has 0 aliphatic carbocycles. The Balaban J connectivity index is 1.83. The molecule has 0 saturated heterocycles. The van der Waals surface area contributed by atoms with Crippen molar-refractivity contribution in [3.05, 3.63) is 54.0 Å². The molecule has 9 heteroatoms. The van der Waals surface area contributed by atoms with Crippen LogP contribution in [0.5, 0.6) is 0 Å². The molecule has 0 atom stereocenters. The van der Waals surface area contributed by atoms with Crippen LogP contribution in [-0.2, 0) is 9.53 Å². The Morgan fingerprint density at radius 3 is 2.42 bits per heavy atom. The fraction of sp³-hybridized carbons (Fsp3) is 0.176. The van der Waals surface area contributed by atoms with Crippen LogP contribution in [0.15, 0.2) is 47.1 Å². The molecule has 1 aromatic heterocycles. The average molecular weight is 359 g/mol. The van der Waals surface area contributed by atoms with E-state index in [1.54, 1.807) is 13.0 Å². The van der Waals surface area contributed by atoms with Gasteiger partial charge in [0, 0.05) is 12.2 Å². The molecule has 9 nitrogen and oxygen atoms in total. The van der Waals surface area contributed by atoms with Crippen LogP contribution in [0.2, 0.25) is 0 Å². The van der Waals surface area contributed by atoms with E-state index in [1.165, 1.54) is 36.6 Å². The first-order chi connectivity index (χ1) is 12.5. The van der Waals surface area contributed by atoms with Crippen LogP contribution in [0.4, 0.5) is 10.5 Å². The van der Waals surface area contributed by atoms with Crippen molar-refractivity contribution in [3.8, 4) is 0 Å². The van der Waals surface area contributed by atoms with Gasteiger partial charge in [0.2, 0.25) is 0 Å². The maximum Gasteiger partial charge on any atom is 0.338 e. The minimum atomic E-state index is -0.744. The lowest BCUT2D eigenvalue weighted by Crippen LogP contribution is -2.41. The highest BCUT2D eigenvalue weighted by molar-refractivity contribution is 6.02. The van der Waals surface area contributed by atoms with E-state index < -0.39 is 30.4 Å². The maximum absolute atomic E-state index is 11.9. The predicted octanol–water partition coefficient (Wildman–Crippen LogP) is 1.53. The first kappa shape index (κ1) is 18.7. The molecule has 0 saturated carbocycles. The Morgan fingerprint density at radius 1 is 1.08 bits per heavy atom. The van der Waals surface area contributed by atoms with Crippen molar-refractivity contribution in [1.82, 2.24) is 10.6 Å². The Morgan fingerprint density at radius 2 is 1.81 bits per heavy atom. The number of esters is 1. The molecule has 3 N–H and O–H groups in total. The fourth-order valence-corrected chi connectivity index (χ4v) is 1.87. The van der Waals surface area contributed by atoms with Crippen molar-refractivity contribution in [2.75, 3.05) is 18.5 Å². The minimum Gasteiger partial charge on any atom is -0.459 e. The lowest BCUT2D eigenvalue weighted by atomic mass is 10.2. The van der Waals surface area contributed by atoms with Crippen molar-refractivity contribution >= 4 is 29.5 Å². The van der Waals surface area contributed by atoms with Gasteiger partial charge in [-0.1, -0.05) is 0 Å². The second-order valence-electron chi connectivity index (χ2n) is 4.99. The number of hydrogen-bond acceptors (Lipinski definition) is 6. The van der Waals surface area contributed by atoms with Crippen molar-refractivity contribution in [2.45, 2.75) is 6.92 Å². The molecule has 0 spiro atoms. The number of furan rings is 1. The smallest absolute Gasteiger partial charge is 0.338 e. The van der Waals surface area contributed by atoms with Crippen molar-refractivity contribution < 1.29 is 28.3 Å². The second kappa shape index (κ2) is 9.02. The van der Waals surface area contributed by atoms with Crippen LogP contribution in [0.3, 0.4) is 0 Å². The lowest BCUT2D eigenvalue weighted by Gasteiger charge is -2.07. The number of carbonyl (C=O) groups excluding carboxylic acids is 4. The summed E-state index contributed by atoms with van der Waals surface area (Å²) in [5, 5.41) is 6.99. The quantitative estimate of drug-likeness (QED) is 0.672. The first-order valence-corrected chi connectivity index (χ1v) is 7.69. The number of amides is 4. The molecule has 4 amide bonds. The summed E-state index contributed by atoms with van der Waals surface area (Å²) < 4.78 is 9.79. The normalized spacial score (nSPS) is 9.88. The molecular formula is C17H17N3O6. The summed E-state index contributed by atoms with van der Waals surface area (Å²) >= 11 is 0. The van der Waals surface area contributed by atoms with Gasteiger partial charge in [-0.05, 0) is 43.3 Å². The molecule has 136 valence electrons. The van der Waals surface area contributed by atoms with Crippen molar-refractivity contribution in [2.24, 2.45) is 0 Å². The van der Waals surface area contributed by atoms with Gasteiger partial charge < -0.3 is 19.8 Å². The van der Waals surface area contributed by atoms with Crippen LogP contribution >= 0.6 is 0 Å². The molecule has 2 rings (SSSR count). The predicted molar refractivity (Wildman–Crippen MR) is 90.6 cm³/mol. The summed E-state index contributed by atoms with van der Waals surface area (Å²) in [6, 6.07) is 8.33. The zero-order valence-corrected chi connectivity index (χ0v) is 13.9. The summed E-state index contributed by atoms with van der Waals surface area (Å²) in [6.07, 6.45) is 1.38. The van der Waals surface area contributed by atoms with E-state index in [2.05, 4.69) is 10.6 Å². The molecular weight excluding hydrogens is 342 g/mol. The van der Waals surface area contributed by atoms with E-state index in [1.807, 2.05) is 5.32 Å². The Bertz CT molecular complexity index is 783. The summed E-state index contributed by atoms with van der Waals surface area (Å²) in [7, 11) is 0. The molecule has 0 radical (unpaired) electrons. The maximum atomic E-state index is 11.9. The van der Waals surface area contributed by atoms with Crippen molar-refractivity contribution in [1.29, 1.82) is 0 Å². The van der Waals surface area contributed by atoms with Gasteiger partial charge in [-0.15, -0.1) is 0 Å². The number of carbonyl (C=O) groups is 4. The topological polar surface area (TPSA) is 127 Å². The molecule has 0 unspecified atom stereocenters. The molecule has 2 aromatic rings. The molecule has 1 aromatic carbocycles. The van der Waals surface area contributed by atoms with Gasteiger partial charge in [0.25, 0.3) is 11.8 Å². The molecule has 0 fully saturated rings. The average Bonchev–Trinajstić information content (AvgIpc) is 3.15. The molecule has 1 heterocycles. The summed E-state index contributed by atoms with van der Waals surface area (Å²) in [5.74, 6) is -1.74. The highest BCUT2D eigenvalue weighted by atomic mass is 16.5. The second-order valence-corrected chi connectivity index (χ2v) is 4.99. The molecule has 0 bridgehead atoms. The summed E-state index contributed by atoms with van der Waals surface area (Å²) in [6.45, 7) is 1.47.